The molecule has 4 heteroatoms. The van der Waals surface area contributed by atoms with Gasteiger partial charge in [-0.25, -0.2) is 0 Å². The standard InChI is InChI=1S/C10H18F3N/c1-14-7-6-8-2-4-9(5-3-8)10(11,12)13/h8-9,14H,2-7H2,1H3. The highest BCUT2D eigenvalue weighted by Gasteiger charge is 2.41. The van der Waals surface area contributed by atoms with Crippen LogP contribution in [0.4, 0.5) is 13.2 Å². The highest BCUT2D eigenvalue weighted by atomic mass is 19.4. The van der Waals surface area contributed by atoms with Crippen molar-refractivity contribution in [3.8, 4) is 0 Å². The molecule has 0 radical (unpaired) electrons. The predicted octanol–water partition coefficient (Wildman–Crippen LogP) is 2.96. The van der Waals surface area contributed by atoms with Crippen LogP contribution in [-0.4, -0.2) is 19.8 Å². The second-order valence-electron chi connectivity index (χ2n) is 4.15. The van der Waals surface area contributed by atoms with Crippen LogP contribution in [0, 0.1) is 11.8 Å². The Labute approximate surface area is 83.1 Å². The fourth-order valence-corrected chi connectivity index (χ4v) is 2.13. The van der Waals surface area contributed by atoms with Crippen LogP contribution in [0.2, 0.25) is 0 Å². The quantitative estimate of drug-likeness (QED) is 0.753. The summed E-state index contributed by atoms with van der Waals surface area (Å²) in [4.78, 5) is 0. The van der Waals surface area contributed by atoms with Crippen LogP contribution in [0.15, 0.2) is 0 Å². The van der Waals surface area contributed by atoms with E-state index < -0.39 is 12.1 Å². The Balaban J connectivity index is 2.24. The normalized spacial score (nSPS) is 29.1. The van der Waals surface area contributed by atoms with Gasteiger partial charge in [-0.15, -0.1) is 0 Å². The van der Waals surface area contributed by atoms with Crippen LogP contribution in [0.5, 0.6) is 0 Å². The summed E-state index contributed by atoms with van der Waals surface area (Å²) in [5.41, 5.74) is 0. The first-order valence-electron chi connectivity index (χ1n) is 5.25. The van der Waals surface area contributed by atoms with E-state index in [2.05, 4.69) is 5.32 Å². The number of nitrogens with one attached hydrogen (secondary N) is 1. The maximum Gasteiger partial charge on any atom is 0.391 e. The minimum Gasteiger partial charge on any atom is -0.320 e. The van der Waals surface area contributed by atoms with Crippen LogP contribution < -0.4 is 5.32 Å². The monoisotopic (exact) mass is 209 g/mol. The molecule has 0 amide bonds. The molecular weight excluding hydrogens is 191 g/mol. The zero-order valence-corrected chi connectivity index (χ0v) is 8.53. The van der Waals surface area contributed by atoms with Gasteiger partial charge in [-0.2, -0.15) is 13.2 Å². The molecule has 1 rings (SSSR count). The lowest BCUT2D eigenvalue weighted by Gasteiger charge is -2.29. The van der Waals surface area contributed by atoms with Crippen molar-refractivity contribution >= 4 is 0 Å². The van der Waals surface area contributed by atoms with Crippen molar-refractivity contribution in [3.05, 3.63) is 0 Å². The number of hydrogen-bond donors (Lipinski definition) is 1. The van der Waals surface area contributed by atoms with Crippen molar-refractivity contribution in [2.24, 2.45) is 11.8 Å². The third kappa shape index (κ3) is 3.48. The molecule has 1 aliphatic rings. The maximum atomic E-state index is 12.3. The Morgan fingerprint density at radius 3 is 2.14 bits per heavy atom. The lowest BCUT2D eigenvalue weighted by Crippen LogP contribution is -2.28. The van der Waals surface area contributed by atoms with Crippen LogP contribution in [0.1, 0.15) is 32.1 Å². The van der Waals surface area contributed by atoms with E-state index in [0.717, 1.165) is 25.8 Å². The van der Waals surface area contributed by atoms with Crippen LogP contribution in [-0.2, 0) is 0 Å². The van der Waals surface area contributed by atoms with Gasteiger partial charge in [0.25, 0.3) is 0 Å². The van der Waals surface area contributed by atoms with Gasteiger partial charge in [0.2, 0.25) is 0 Å². The summed E-state index contributed by atoms with van der Waals surface area (Å²) >= 11 is 0. The summed E-state index contributed by atoms with van der Waals surface area (Å²) < 4.78 is 36.9. The minimum atomic E-state index is -3.96. The third-order valence-corrected chi connectivity index (χ3v) is 3.11. The van der Waals surface area contributed by atoms with Gasteiger partial charge in [0.05, 0.1) is 5.92 Å². The second-order valence-corrected chi connectivity index (χ2v) is 4.15. The fraction of sp³-hybridized carbons (Fsp3) is 1.00. The molecule has 0 heterocycles. The van der Waals surface area contributed by atoms with Gasteiger partial charge in [-0.3, -0.25) is 0 Å². The SMILES string of the molecule is CNCCC1CCC(C(F)(F)F)CC1. The first-order chi connectivity index (χ1) is 6.54. The average molecular weight is 209 g/mol. The van der Waals surface area contributed by atoms with Gasteiger partial charge in [-0.05, 0) is 51.6 Å². The van der Waals surface area contributed by atoms with Gasteiger partial charge in [0.1, 0.15) is 0 Å². The van der Waals surface area contributed by atoms with E-state index in [1.54, 1.807) is 0 Å². The Kier molecular flexibility index (Phi) is 4.23. The molecule has 1 nitrogen and oxygen atoms in total. The molecule has 0 aromatic heterocycles. The second kappa shape index (κ2) is 5.01. The minimum absolute atomic E-state index is 0.331. The first kappa shape index (κ1) is 11.8. The molecule has 1 N–H and O–H groups in total. The summed E-state index contributed by atoms with van der Waals surface area (Å²) in [6.07, 6.45) is -0.803. The summed E-state index contributed by atoms with van der Waals surface area (Å²) in [5.74, 6) is -0.533. The predicted molar refractivity (Wildman–Crippen MR) is 50.0 cm³/mol. The number of rotatable bonds is 3. The maximum absolute atomic E-state index is 12.3. The molecule has 0 aliphatic heterocycles. The molecule has 1 fully saturated rings. The van der Waals surface area contributed by atoms with E-state index in [9.17, 15) is 13.2 Å². The van der Waals surface area contributed by atoms with E-state index in [4.69, 9.17) is 0 Å². The Morgan fingerprint density at radius 2 is 1.71 bits per heavy atom. The van der Waals surface area contributed by atoms with Gasteiger partial charge >= 0.3 is 6.18 Å². The average Bonchev–Trinajstić information content (AvgIpc) is 2.14. The van der Waals surface area contributed by atoms with Gasteiger partial charge < -0.3 is 5.32 Å². The van der Waals surface area contributed by atoms with Gasteiger partial charge in [0, 0.05) is 0 Å². The molecule has 0 aromatic carbocycles. The van der Waals surface area contributed by atoms with Crippen molar-refractivity contribution in [2.45, 2.75) is 38.3 Å². The van der Waals surface area contributed by atoms with E-state index in [0.29, 0.717) is 18.8 Å². The summed E-state index contributed by atoms with van der Waals surface area (Å²) in [6.45, 7) is 0.918. The van der Waals surface area contributed by atoms with Gasteiger partial charge in [-0.1, -0.05) is 0 Å². The smallest absolute Gasteiger partial charge is 0.320 e. The molecule has 84 valence electrons. The first-order valence-corrected chi connectivity index (χ1v) is 5.25. The molecule has 0 spiro atoms. The lowest BCUT2D eigenvalue weighted by molar-refractivity contribution is -0.184. The molecule has 0 unspecified atom stereocenters. The highest BCUT2D eigenvalue weighted by molar-refractivity contribution is 4.77. The van der Waals surface area contributed by atoms with Crippen LogP contribution in [0.3, 0.4) is 0 Å². The zero-order valence-electron chi connectivity index (χ0n) is 8.53. The highest BCUT2D eigenvalue weighted by Crippen LogP contribution is 2.40. The van der Waals surface area contributed by atoms with E-state index in [1.165, 1.54) is 0 Å². The van der Waals surface area contributed by atoms with E-state index >= 15 is 0 Å². The summed E-state index contributed by atoms with van der Waals surface area (Å²) in [7, 11) is 1.88. The zero-order chi connectivity index (χ0) is 10.6. The number of alkyl halides is 3. The van der Waals surface area contributed by atoms with E-state index in [-0.39, 0.29) is 0 Å². The van der Waals surface area contributed by atoms with Gasteiger partial charge in [0.15, 0.2) is 0 Å². The Bertz CT molecular complexity index is 159. The van der Waals surface area contributed by atoms with Crippen molar-refractivity contribution in [3.63, 3.8) is 0 Å². The van der Waals surface area contributed by atoms with Crippen molar-refractivity contribution in [2.75, 3.05) is 13.6 Å². The van der Waals surface area contributed by atoms with Crippen molar-refractivity contribution in [1.29, 1.82) is 0 Å². The summed E-state index contributed by atoms with van der Waals surface area (Å²) in [5, 5.41) is 3.03. The third-order valence-electron chi connectivity index (χ3n) is 3.11. The number of hydrogen-bond acceptors (Lipinski definition) is 1. The number of halogens is 3. The Hall–Kier alpha value is -0.250. The molecule has 0 atom stereocenters. The fourth-order valence-electron chi connectivity index (χ4n) is 2.13. The lowest BCUT2D eigenvalue weighted by atomic mass is 9.80. The molecule has 1 aliphatic carbocycles. The van der Waals surface area contributed by atoms with Crippen LogP contribution >= 0.6 is 0 Å². The van der Waals surface area contributed by atoms with Crippen LogP contribution in [0.25, 0.3) is 0 Å². The molecular formula is C10H18F3N. The van der Waals surface area contributed by atoms with E-state index in [1.807, 2.05) is 7.05 Å². The summed E-state index contributed by atoms with van der Waals surface area (Å²) in [6, 6.07) is 0. The molecule has 14 heavy (non-hydrogen) atoms. The molecule has 0 aromatic rings. The van der Waals surface area contributed by atoms with Crippen molar-refractivity contribution < 1.29 is 13.2 Å². The topological polar surface area (TPSA) is 12.0 Å². The molecule has 0 saturated heterocycles. The molecule has 1 saturated carbocycles. The Morgan fingerprint density at radius 1 is 1.14 bits per heavy atom. The molecule has 0 bridgehead atoms. The van der Waals surface area contributed by atoms with Crippen molar-refractivity contribution in [1.82, 2.24) is 5.32 Å². The largest absolute Gasteiger partial charge is 0.391 e.